The molecule has 3 unspecified atom stereocenters. The van der Waals surface area contributed by atoms with Gasteiger partial charge in [0.15, 0.2) is 0 Å². The van der Waals surface area contributed by atoms with E-state index in [1.54, 1.807) is 0 Å². The van der Waals surface area contributed by atoms with Crippen LogP contribution in [0.2, 0.25) is 0 Å². The van der Waals surface area contributed by atoms with Gasteiger partial charge in [-0.3, -0.25) is 4.98 Å². The van der Waals surface area contributed by atoms with Crippen LogP contribution in [0.5, 0.6) is 0 Å². The topological polar surface area (TPSA) is 24.9 Å². The Morgan fingerprint density at radius 2 is 1.95 bits per heavy atom. The van der Waals surface area contributed by atoms with Gasteiger partial charge in [0.05, 0.1) is 5.52 Å². The molecule has 0 saturated heterocycles. The third kappa shape index (κ3) is 1.70. The first-order valence-corrected chi connectivity index (χ1v) is 7.41. The summed E-state index contributed by atoms with van der Waals surface area (Å²) in [6.07, 6.45) is 6.22. The first-order chi connectivity index (χ1) is 9.40. The van der Waals surface area contributed by atoms with Crippen molar-refractivity contribution < 1.29 is 0 Å². The Morgan fingerprint density at radius 1 is 1.16 bits per heavy atom. The minimum Gasteiger partial charge on any atom is -0.313 e. The van der Waals surface area contributed by atoms with Crippen LogP contribution in [0.25, 0.3) is 10.9 Å². The summed E-state index contributed by atoms with van der Waals surface area (Å²) in [5.41, 5.74) is 2.56. The van der Waals surface area contributed by atoms with Crippen LogP contribution in [0, 0.1) is 17.8 Å². The van der Waals surface area contributed by atoms with Crippen molar-refractivity contribution in [1.29, 1.82) is 0 Å². The first-order valence-electron chi connectivity index (χ1n) is 7.41. The summed E-state index contributed by atoms with van der Waals surface area (Å²) in [6.45, 7) is 0. The number of rotatable bonds is 3. The van der Waals surface area contributed by atoms with Crippen molar-refractivity contribution in [3.63, 3.8) is 0 Å². The SMILES string of the molecule is CNC(c1cccc2cccnc12)C1C2CCCC21. The molecule has 1 heterocycles. The maximum Gasteiger partial charge on any atom is 0.0749 e. The maximum atomic E-state index is 4.61. The number of nitrogens with one attached hydrogen (secondary N) is 1. The zero-order valence-corrected chi connectivity index (χ0v) is 11.3. The quantitative estimate of drug-likeness (QED) is 0.903. The fourth-order valence-corrected chi connectivity index (χ4v) is 4.31. The molecule has 2 nitrogen and oxygen atoms in total. The molecular formula is C17H20N2. The number of pyridine rings is 1. The van der Waals surface area contributed by atoms with Gasteiger partial charge in [-0.2, -0.15) is 0 Å². The Labute approximate surface area is 114 Å². The van der Waals surface area contributed by atoms with E-state index in [2.05, 4.69) is 41.6 Å². The second kappa shape index (κ2) is 4.31. The van der Waals surface area contributed by atoms with Gasteiger partial charge in [-0.25, -0.2) is 0 Å². The predicted octanol–water partition coefficient (Wildman–Crippen LogP) is 3.54. The number of fused-ring (bicyclic) bond motifs is 2. The third-order valence-electron chi connectivity index (χ3n) is 5.17. The van der Waals surface area contributed by atoms with Crippen molar-refractivity contribution in [2.24, 2.45) is 17.8 Å². The average Bonchev–Trinajstić information content (AvgIpc) is 2.93. The van der Waals surface area contributed by atoms with Crippen LogP contribution in [0.15, 0.2) is 36.5 Å². The molecule has 98 valence electrons. The summed E-state index contributed by atoms with van der Waals surface area (Å²) >= 11 is 0. The summed E-state index contributed by atoms with van der Waals surface area (Å²) in [5, 5.41) is 4.82. The molecule has 1 N–H and O–H groups in total. The maximum absolute atomic E-state index is 4.61. The van der Waals surface area contributed by atoms with E-state index in [-0.39, 0.29) is 0 Å². The van der Waals surface area contributed by atoms with Gasteiger partial charge in [-0.15, -0.1) is 0 Å². The van der Waals surface area contributed by atoms with Crippen molar-refractivity contribution in [2.45, 2.75) is 25.3 Å². The minimum atomic E-state index is 0.480. The van der Waals surface area contributed by atoms with Crippen LogP contribution >= 0.6 is 0 Å². The molecule has 1 aromatic heterocycles. The number of hydrogen-bond acceptors (Lipinski definition) is 2. The lowest BCUT2D eigenvalue weighted by molar-refractivity contribution is 0.446. The molecule has 0 radical (unpaired) electrons. The highest BCUT2D eigenvalue weighted by atomic mass is 14.9. The normalized spacial score (nSPS) is 30.3. The van der Waals surface area contributed by atoms with E-state index in [0.717, 1.165) is 17.8 Å². The lowest BCUT2D eigenvalue weighted by Crippen LogP contribution is -2.21. The Hall–Kier alpha value is -1.41. The molecule has 19 heavy (non-hydrogen) atoms. The second-order valence-corrected chi connectivity index (χ2v) is 6.02. The standard InChI is InChI=1S/C17H20N2/c1-18-17(15-12-7-3-8-13(12)15)14-9-2-5-11-6-4-10-19-16(11)14/h2,4-6,9-10,12-13,15,17-18H,3,7-8H2,1H3. The van der Waals surface area contributed by atoms with Crippen molar-refractivity contribution in [3.8, 4) is 0 Å². The van der Waals surface area contributed by atoms with E-state index in [1.807, 2.05) is 12.3 Å². The monoisotopic (exact) mass is 252 g/mol. The van der Waals surface area contributed by atoms with Gasteiger partial charge in [0.1, 0.15) is 0 Å². The summed E-state index contributed by atoms with van der Waals surface area (Å²) in [6, 6.07) is 11.2. The summed E-state index contributed by atoms with van der Waals surface area (Å²) in [5.74, 6) is 2.78. The van der Waals surface area contributed by atoms with Gasteiger partial charge in [-0.05, 0) is 49.3 Å². The van der Waals surface area contributed by atoms with Crippen LogP contribution in [-0.4, -0.2) is 12.0 Å². The van der Waals surface area contributed by atoms with Gasteiger partial charge >= 0.3 is 0 Å². The fraction of sp³-hybridized carbons (Fsp3) is 0.471. The molecule has 0 spiro atoms. The number of hydrogen-bond donors (Lipinski definition) is 1. The Kier molecular flexibility index (Phi) is 2.59. The molecule has 3 atom stereocenters. The molecule has 2 aromatic rings. The van der Waals surface area contributed by atoms with Gasteiger partial charge in [-0.1, -0.05) is 30.7 Å². The number of benzene rings is 1. The third-order valence-corrected chi connectivity index (χ3v) is 5.17. The molecule has 2 heteroatoms. The van der Waals surface area contributed by atoms with E-state index < -0.39 is 0 Å². The summed E-state index contributed by atoms with van der Waals surface area (Å²) < 4.78 is 0. The molecular weight excluding hydrogens is 232 g/mol. The van der Waals surface area contributed by atoms with E-state index in [4.69, 9.17) is 0 Å². The van der Waals surface area contributed by atoms with Crippen molar-refractivity contribution in [1.82, 2.24) is 10.3 Å². The molecule has 2 saturated carbocycles. The van der Waals surface area contributed by atoms with Crippen molar-refractivity contribution in [2.75, 3.05) is 7.05 Å². The highest BCUT2D eigenvalue weighted by Gasteiger charge is 2.55. The predicted molar refractivity (Wildman–Crippen MR) is 77.9 cm³/mol. The second-order valence-electron chi connectivity index (χ2n) is 6.02. The summed E-state index contributed by atoms with van der Waals surface area (Å²) in [4.78, 5) is 4.61. The van der Waals surface area contributed by atoms with Crippen LogP contribution < -0.4 is 5.32 Å². The van der Waals surface area contributed by atoms with E-state index in [1.165, 1.54) is 35.7 Å². The number of aromatic nitrogens is 1. The first kappa shape index (κ1) is 11.4. The molecule has 0 amide bonds. The Balaban J connectivity index is 1.76. The highest BCUT2D eigenvalue weighted by molar-refractivity contribution is 5.82. The molecule has 2 aliphatic carbocycles. The Morgan fingerprint density at radius 3 is 2.74 bits per heavy atom. The molecule has 1 aromatic carbocycles. The average molecular weight is 252 g/mol. The van der Waals surface area contributed by atoms with Gasteiger partial charge in [0.25, 0.3) is 0 Å². The van der Waals surface area contributed by atoms with Crippen LogP contribution in [-0.2, 0) is 0 Å². The molecule has 2 fully saturated rings. The van der Waals surface area contributed by atoms with Crippen LogP contribution in [0.4, 0.5) is 0 Å². The van der Waals surface area contributed by atoms with E-state index >= 15 is 0 Å². The van der Waals surface area contributed by atoms with Crippen molar-refractivity contribution >= 4 is 10.9 Å². The van der Waals surface area contributed by atoms with Crippen LogP contribution in [0.1, 0.15) is 30.9 Å². The molecule has 0 aliphatic heterocycles. The van der Waals surface area contributed by atoms with Gasteiger partial charge < -0.3 is 5.32 Å². The zero-order valence-electron chi connectivity index (χ0n) is 11.3. The largest absolute Gasteiger partial charge is 0.313 e. The minimum absolute atomic E-state index is 0.480. The van der Waals surface area contributed by atoms with Crippen molar-refractivity contribution in [3.05, 3.63) is 42.1 Å². The smallest absolute Gasteiger partial charge is 0.0749 e. The van der Waals surface area contributed by atoms with Crippen LogP contribution in [0.3, 0.4) is 0 Å². The van der Waals surface area contributed by atoms with E-state index in [9.17, 15) is 0 Å². The number of nitrogens with zero attached hydrogens (tertiary/aromatic N) is 1. The molecule has 2 aliphatic rings. The van der Waals surface area contributed by atoms with E-state index in [0.29, 0.717) is 6.04 Å². The number of para-hydroxylation sites is 1. The van der Waals surface area contributed by atoms with Gasteiger partial charge in [0, 0.05) is 17.6 Å². The lowest BCUT2D eigenvalue weighted by Gasteiger charge is -2.20. The zero-order chi connectivity index (χ0) is 12.8. The Bertz CT molecular complexity index is 592. The lowest BCUT2D eigenvalue weighted by atomic mass is 9.95. The molecule has 0 bridgehead atoms. The van der Waals surface area contributed by atoms with Gasteiger partial charge in [0.2, 0.25) is 0 Å². The fourth-order valence-electron chi connectivity index (χ4n) is 4.31. The summed E-state index contributed by atoms with van der Waals surface area (Å²) in [7, 11) is 2.10. The molecule has 4 rings (SSSR count). The highest BCUT2D eigenvalue weighted by Crippen LogP contribution is 2.62.